The number of hydrogen-bond acceptors (Lipinski definition) is 5. The summed E-state index contributed by atoms with van der Waals surface area (Å²) in [5.41, 5.74) is 2.16. The number of carbonyl (C=O) groups is 1. The average Bonchev–Trinajstić information content (AvgIpc) is 2.60. The van der Waals surface area contributed by atoms with Gasteiger partial charge in [-0.05, 0) is 48.9 Å². The van der Waals surface area contributed by atoms with Crippen LogP contribution in [0.4, 0.5) is 5.69 Å². The van der Waals surface area contributed by atoms with Gasteiger partial charge in [-0.1, -0.05) is 12.1 Å². The maximum Gasteiger partial charge on any atom is 0.338 e. The lowest BCUT2D eigenvalue weighted by Gasteiger charge is -2.13. The predicted molar refractivity (Wildman–Crippen MR) is 97.0 cm³/mol. The molecule has 0 saturated carbocycles. The number of sulfonamides is 1. The highest BCUT2D eigenvalue weighted by Crippen LogP contribution is 2.17. The maximum absolute atomic E-state index is 12.2. The second-order valence-corrected chi connectivity index (χ2v) is 7.74. The summed E-state index contributed by atoms with van der Waals surface area (Å²) in [7, 11) is -0.438. The van der Waals surface area contributed by atoms with Gasteiger partial charge in [-0.15, -0.1) is 0 Å². The van der Waals surface area contributed by atoms with E-state index >= 15 is 0 Å². The predicted octanol–water partition coefficient (Wildman–Crippen LogP) is 2.73. The first-order valence-electron chi connectivity index (χ1n) is 7.87. The van der Waals surface area contributed by atoms with Crippen LogP contribution in [0.25, 0.3) is 0 Å². The van der Waals surface area contributed by atoms with E-state index in [2.05, 4.69) is 5.32 Å². The molecule has 6 nitrogen and oxygen atoms in total. The van der Waals surface area contributed by atoms with Crippen LogP contribution >= 0.6 is 0 Å². The van der Waals surface area contributed by atoms with Crippen molar-refractivity contribution < 1.29 is 17.9 Å². The Labute approximate surface area is 148 Å². The zero-order valence-corrected chi connectivity index (χ0v) is 15.3. The molecule has 0 atom stereocenters. The molecule has 0 aromatic heterocycles. The molecule has 0 unspecified atom stereocenters. The highest BCUT2D eigenvalue weighted by atomic mass is 32.2. The average molecular weight is 362 g/mol. The van der Waals surface area contributed by atoms with Crippen LogP contribution in [-0.2, 0) is 21.3 Å². The molecule has 0 radical (unpaired) electrons. The lowest BCUT2D eigenvalue weighted by atomic mass is 10.2. The Morgan fingerprint density at radius 3 is 2.40 bits per heavy atom. The number of benzene rings is 2. The molecule has 0 aliphatic heterocycles. The summed E-state index contributed by atoms with van der Waals surface area (Å²) in [6, 6.07) is 13.7. The van der Waals surface area contributed by atoms with E-state index in [-0.39, 0.29) is 10.9 Å². The van der Waals surface area contributed by atoms with Gasteiger partial charge < -0.3 is 10.1 Å². The molecular formula is C18H22N2O4S. The summed E-state index contributed by atoms with van der Waals surface area (Å²) in [6.45, 7) is 2.57. The third kappa shape index (κ3) is 4.80. The molecule has 134 valence electrons. The van der Waals surface area contributed by atoms with E-state index in [1.807, 2.05) is 6.07 Å². The molecular weight excluding hydrogens is 340 g/mol. The molecule has 2 rings (SSSR count). The van der Waals surface area contributed by atoms with Gasteiger partial charge in [0.25, 0.3) is 0 Å². The summed E-state index contributed by atoms with van der Waals surface area (Å²) in [4.78, 5) is 11.9. The van der Waals surface area contributed by atoms with Gasteiger partial charge in [0.2, 0.25) is 10.0 Å². The number of carbonyl (C=O) groups excluding carboxylic acids is 1. The molecule has 0 spiro atoms. The van der Waals surface area contributed by atoms with E-state index in [9.17, 15) is 13.2 Å². The van der Waals surface area contributed by atoms with Gasteiger partial charge in [0.15, 0.2) is 0 Å². The smallest absolute Gasteiger partial charge is 0.338 e. The quantitative estimate of drug-likeness (QED) is 0.767. The largest absolute Gasteiger partial charge is 0.462 e. The van der Waals surface area contributed by atoms with E-state index in [1.54, 1.807) is 49.4 Å². The maximum atomic E-state index is 12.2. The van der Waals surface area contributed by atoms with Crippen molar-refractivity contribution in [1.29, 1.82) is 0 Å². The Balaban J connectivity index is 2.06. The van der Waals surface area contributed by atoms with Crippen LogP contribution in [0.3, 0.4) is 0 Å². The SMILES string of the molecule is CCOC(=O)c1ccc(NCc2cccc(S(=O)(=O)N(C)C)c2)cc1. The standard InChI is InChI=1S/C18H22N2O4S/c1-4-24-18(21)15-8-10-16(11-9-15)19-13-14-6-5-7-17(12-14)25(22,23)20(2)3/h5-12,19H,4,13H2,1-3H3. The van der Waals surface area contributed by atoms with Gasteiger partial charge in [-0.2, -0.15) is 0 Å². The van der Waals surface area contributed by atoms with E-state index < -0.39 is 10.0 Å². The number of rotatable bonds is 7. The first-order chi connectivity index (χ1) is 11.8. The highest BCUT2D eigenvalue weighted by Gasteiger charge is 2.17. The minimum Gasteiger partial charge on any atom is -0.462 e. The Kier molecular flexibility index (Phi) is 6.17. The first-order valence-corrected chi connectivity index (χ1v) is 9.31. The van der Waals surface area contributed by atoms with Crippen LogP contribution in [0, 0.1) is 0 Å². The Morgan fingerprint density at radius 1 is 1.12 bits per heavy atom. The van der Waals surface area contributed by atoms with Crippen LogP contribution in [0.5, 0.6) is 0 Å². The zero-order valence-electron chi connectivity index (χ0n) is 14.5. The fourth-order valence-corrected chi connectivity index (χ4v) is 3.14. The van der Waals surface area contributed by atoms with Crippen molar-refractivity contribution in [2.24, 2.45) is 0 Å². The summed E-state index contributed by atoms with van der Waals surface area (Å²) >= 11 is 0. The van der Waals surface area contributed by atoms with E-state index in [0.29, 0.717) is 18.7 Å². The molecule has 0 aliphatic carbocycles. The van der Waals surface area contributed by atoms with Crippen molar-refractivity contribution >= 4 is 21.7 Å². The van der Waals surface area contributed by atoms with Gasteiger partial charge in [0.1, 0.15) is 0 Å². The molecule has 0 saturated heterocycles. The molecule has 25 heavy (non-hydrogen) atoms. The molecule has 2 aromatic carbocycles. The van der Waals surface area contributed by atoms with Crippen LogP contribution in [0.1, 0.15) is 22.8 Å². The minimum atomic E-state index is -3.45. The zero-order chi connectivity index (χ0) is 18.4. The molecule has 1 N–H and O–H groups in total. The van der Waals surface area contributed by atoms with Crippen LogP contribution in [0.15, 0.2) is 53.4 Å². The molecule has 0 heterocycles. The monoisotopic (exact) mass is 362 g/mol. The number of nitrogens with zero attached hydrogens (tertiary/aromatic N) is 1. The third-order valence-corrected chi connectivity index (χ3v) is 5.38. The van der Waals surface area contributed by atoms with Gasteiger partial charge >= 0.3 is 5.97 Å². The van der Waals surface area contributed by atoms with Crippen molar-refractivity contribution in [3.8, 4) is 0 Å². The molecule has 2 aromatic rings. The highest BCUT2D eigenvalue weighted by molar-refractivity contribution is 7.89. The van der Waals surface area contributed by atoms with Gasteiger partial charge in [0.05, 0.1) is 17.1 Å². The summed E-state index contributed by atoms with van der Waals surface area (Å²) in [5, 5.41) is 3.21. The second-order valence-electron chi connectivity index (χ2n) is 5.59. The molecule has 0 fully saturated rings. The lowest BCUT2D eigenvalue weighted by Crippen LogP contribution is -2.22. The number of anilines is 1. The molecule has 0 aliphatic rings. The van der Waals surface area contributed by atoms with E-state index in [4.69, 9.17) is 4.74 Å². The Hall–Kier alpha value is -2.38. The minimum absolute atomic E-state index is 0.259. The normalized spacial score (nSPS) is 11.4. The van der Waals surface area contributed by atoms with Crippen LogP contribution in [-0.4, -0.2) is 39.4 Å². The third-order valence-electron chi connectivity index (χ3n) is 3.57. The van der Waals surface area contributed by atoms with Crippen LogP contribution < -0.4 is 5.32 Å². The number of hydrogen-bond donors (Lipinski definition) is 1. The van der Waals surface area contributed by atoms with Gasteiger partial charge in [0, 0.05) is 26.3 Å². The number of nitrogens with one attached hydrogen (secondary N) is 1. The number of ether oxygens (including phenoxy) is 1. The topological polar surface area (TPSA) is 75.7 Å². The first kappa shape index (κ1) is 19.0. The van der Waals surface area contributed by atoms with E-state index in [1.165, 1.54) is 18.4 Å². The number of esters is 1. The van der Waals surface area contributed by atoms with Gasteiger partial charge in [-0.25, -0.2) is 17.5 Å². The molecule has 0 bridgehead atoms. The summed E-state index contributed by atoms with van der Waals surface area (Å²) in [5.74, 6) is -0.351. The van der Waals surface area contributed by atoms with Crippen molar-refractivity contribution in [2.75, 3.05) is 26.0 Å². The van der Waals surface area contributed by atoms with E-state index in [0.717, 1.165) is 11.3 Å². The Bertz CT molecular complexity index is 830. The summed E-state index contributed by atoms with van der Waals surface area (Å²) in [6.07, 6.45) is 0. The second kappa shape index (κ2) is 8.13. The fraction of sp³-hybridized carbons (Fsp3) is 0.278. The van der Waals surface area contributed by atoms with Crippen molar-refractivity contribution in [1.82, 2.24) is 4.31 Å². The fourth-order valence-electron chi connectivity index (χ4n) is 2.17. The molecule has 0 amide bonds. The Morgan fingerprint density at radius 2 is 1.80 bits per heavy atom. The summed E-state index contributed by atoms with van der Waals surface area (Å²) < 4.78 is 30.5. The van der Waals surface area contributed by atoms with Crippen LogP contribution in [0.2, 0.25) is 0 Å². The van der Waals surface area contributed by atoms with Crippen molar-refractivity contribution in [2.45, 2.75) is 18.4 Å². The van der Waals surface area contributed by atoms with Gasteiger partial charge in [-0.3, -0.25) is 0 Å². The van der Waals surface area contributed by atoms with Crippen molar-refractivity contribution in [3.63, 3.8) is 0 Å². The van der Waals surface area contributed by atoms with Crippen molar-refractivity contribution in [3.05, 3.63) is 59.7 Å². The lowest BCUT2D eigenvalue weighted by molar-refractivity contribution is 0.0526. The molecule has 7 heteroatoms.